The molecule has 2 atom stereocenters. The van der Waals surface area contributed by atoms with E-state index in [0.717, 1.165) is 19.4 Å². The maximum absolute atomic E-state index is 11.9. The number of esters is 1. The number of aliphatic hydroxyl groups is 1. The Bertz CT molecular complexity index is 408. The van der Waals surface area contributed by atoms with Crippen LogP contribution in [-0.4, -0.2) is 60.6 Å². The largest absolute Gasteiger partial charge is 0.467 e. The van der Waals surface area contributed by atoms with Crippen molar-refractivity contribution in [3.05, 3.63) is 0 Å². The summed E-state index contributed by atoms with van der Waals surface area (Å²) in [6, 6.07) is 0. The highest BCUT2D eigenvalue weighted by Crippen LogP contribution is 2.31. The van der Waals surface area contributed by atoms with Gasteiger partial charge in [-0.15, -0.1) is 0 Å². The summed E-state index contributed by atoms with van der Waals surface area (Å²) in [5.41, 5.74) is 0. The summed E-state index contributed by atoms with van der Waals surface area (Å²) in [5, 5.41) is 11.9. The molecule has 0 aromatic carbocycles. The Hall–Kier alpha value is -1.63. The molecule has 7 heteroatoms. The van der Waals surface area contributed by atoms with Crippen molar-refractivity contribution < 1.29 is 24.2 Å². The zero-order valence-electron chi connectivity index (χ0n) is 11.5. The van der Waals surface area contributed by atoms with E-state index < -0.39 is 18.0 Å². The summed E-state index contributed by atoms with van der Waals surface area (Å²) in [6.45, 7) is 0.974. The van der Waals surface area contributed by atoms with Crippen LogP contribution in [-0.2, 0) is 19.1 Å². The second-order valence-electron chi connectivity index (χ2n) is 5.43. The number of amides is 2. The molecule has 1 heterocycles. The van der Waals surface area contributed by atoms with E-state index in [1.165, 1.54) is 7.11 Å². The standard InChI is InChI=1S/C13H20N2O5/c1-20-13(19)10(16)5-14-12(18)9-4-11(17)15(7-9)6-8-2-3-8/h8-10,16H,2-7H2,1H3,(H,14,18). The fourth-order valence-electron chi connectivity index (χ4n) is 2.30. The average molecular weight is 284 g/mol. The first-order chi connectivity index (χ1) is 9.51. The van der Waals surface area contributed by atoms with Crippen LogP contribution in [0.4, 0.5) is 0 Å². The van der Waals surface area contributed by atoms with Crippen LogP contribution in [0.5, 0.6) is 0 Å². The summed E-state index contributed by atoms with van der Waals surface area (Å²) < 4.78 is 4.35. The SMILES string of the molecule is COC(=O)C(O)CNC(=O)C1CC(=O)N(CC2CC2)C1. The third kappa shape index (κ3) is 3.69. The van der Waals surface area contributed by atoms with Gasteiger partial charge in [0.2, 0.25) is 11.8 Å². The minimum Gasteiger partial charge on any atom is -0.467 e. The number of aliphatic hydroxyl groups excluding tert-OH is 1. The lowest BCUT2D eigenvalue weighted by Gasteiger charge is -2.16. The molecule has 2 rings (SSSR count). The highest BCUT2D eigenvalue weighted by atomic mass is 16.5. The maximum Gasteiger partial charge on any atom is 0.336 e. The molecule has 0 aromatic heterocycles. The van der Waals surface area contributed by atoms with Gasteiger partial charge in [0.15, 0.2) is 6.10 Å². The lowest BCUT2D eigenvalue weighted by molar-refractivity contribution is -0.150. The molecular weight excluding hydrogens is 264 g/mol. The first-order valence-corrected chi connectivity index (χ1v) is 6.82. The number of carbonyl (C=O) groups is 3. The fraction of sp³-hybridized carbons (Fsp3) is 0.769. The van der Waals surface area contributed by atoms with Crippen molar-refractivity contribution in [2.45, 2.75) is 25.4 Å². The van der Waals surface area contributed by atoms with Crippen LogP contribution in [0.1, 0.15) is 19.3 Å². The summed E-state index contributed by atoms with van der Waals surface area (Å²) >= 11 is 0. The van der Waals surface area contributed by atoms with Gasteiger partial charge in [-0.2, -0.15) is 0 Å². The zero-order valence-corrected chi connectivity index (χ0v) is 11.5. The number of rotatable bonds is 6. The van der Waals surface area contributed by atoms with Crippen molar-refractivity contribution in [2.24, 2.45) is 11.8 Å². The molecule has 1 aliphatic heterocycles. The molecule has 0 radical (unpaired) electrons. The predicted molar refractivity (Wildman–Crippen MR) is 68.4 cm³/mol. The lowest BCUT2D eigenvalue weighted by atomic mass is 10.1. The van der Waals surface area contributed by atoms with Gasteiger partial charge >= 0.3 is 5.97 Å². The molecule has 2 amide bonds. The quantitative estimate of drug-likeness (QED) is 0.603. The van der Waals surface area contributed by atoms with E-state index in [-0.39, 0.29) is 24.8 Å². The molecule has 20 heavy (non-hydrogen) atoms. The minimum absolute atomic E-state index is 0.00515. The first-order valence-electron chi connectivity index (χ1n) is 6.82. The minimum atomic E-state index is -1.37. The summed E-state index contributed by atoms with van der Waals surface area (Å²) in [4.78, 5) is 36.4. The van der Waals surface area contributed by atoms with E-state index in [4.69, 9.17) is 0 Å². The van der Waals surface area contributed by atoms with Gasteiger partial charge in [0, 0.05) is 19.5 Å². The molecule has 2 N–H and O–H groups in total. The second-order valence-corrected chi connectivity index (χ2v) is 5.43. The molecule has 7 nitrogen and oxygen atoms in total. The highest BCUT2D eigenvalue weighted by molar-refractivity contribution is 5.89. The number of ether oxygens (including phenoxy) is 1. The summed E-state index contributed by atoms with van der Waals surface area (Å²) in [5.74, 6) is -0.888. The molecule has 1 saturated heterocycles. The van der Waals surface area contributed by atoms with E-state index in [1.54, 1.807) is 4.90 Å². The van der Waals surface area contributed by atoms with Gasteiger partial charge in [0.1, 0.15) is 0 Å². The van der Waals surface area contributed by atoms with Crippen LogP contribution in [0, 0.1) is 11.8 Å². The molecule has 1 saturated carbocycles. The molecule has 2 unspecified atom stereocenters. The third-order valence-electron chi connectivity index (χ3n) is 3.70. The molecular formula is C13H20N2O5. The third-order valence-corrected chi connectivity index (χ3v) is 3.70. The molecule has 1 aliphatic carbocycles. The van der Waals surface area contributed by atoms with Crippen molar-refractivity contribution in [1.82, 2.24) is 10.2 Å². The number of nitrogens with one attached hydrogen (secondary N) is 1. The molecule has 0 spiro atoms. The van der Waals surface area contributed by atoms with Gasteiger partial charge in [0.25, 0.3) is 0 Å². The van der Waals surface area contributed by atoms with Crippen molar-refractivity contribution in [2.75, 3.05) is 26.7 Å². The van der Waals surface area contributed by atoms with E-state index in [2.05, 4.69) is 10.1 Å². The van der Waals surface area contributed by atoms with E-state index in [1.807, 2.05) is 0 Å². The van der Waals surface area contributed by atoms with Crippen LogP contribution >= 0.6 is 0 Å². The summed E-state index contributed by atoms with van der Waals surface area (Å²) in [6.07, 6.45) is 1.15. The predicted octanol–water partition coefficient (Wildman–Crippen LogP) is -1.10. The maximum atomic E-state index is 11.9. The van der Waals surface area contributed by atoms with Gasteiger partial charge in [-0.3, -0.25) is 9.59 Å². The Morgan fingerprint density at radius 3 is 2.80 bits per heavy atom. The average Bonchev–Trinajstić information content (AvgIpc) is 3.18. The Kier molecular flexibility index (Phi) is 4.59. The number of carbonyl (C=O) groups excluding carboxylic acids is 3. The Labute approximate surface area is 117 Å². The van der Waals surface area contributed by atoms with Crippen LogP contribution in [0.3, 0.4) is 0 Å². The van der Waals surface area contributed by atoms with Crippen LogP contribution in [0.15, 0.2) is 0 Å². The molecule has 112 valence electrons. The molecule has 0 bridgehead atoms. The normalized spacial score (nSPS) is 23.6. The van der Waals surface area contributed by atoms with Gasteiger partial charge in [-0.05, 0) is 18.8 Å². The molecule has 2 aliphatic rings. The Morgan fingerprint density at radius 2 is 2.20 bits per heavy atom. The van der Waals surface area contributed by atoms with Crippen LogP contribution in [0.2, 0.25) is 0 Å². The van der Waals surface area contributed by atoms with Crippen molar-refractivity contribution >= 4 is 17.8 Å². The van der Waals surface area contributed by atoms with Gasteiger partial charge < -0.3 is 20.1 Å². The monoisotopic (exact) mass is 284 g/mol. The number of likely N-dealkylation sites (tertiary alicyclic amines) is 1. The smallest absolute Gasteiger partial charge is 0.336 e. The van der Waals surface area contributed by atoms with E-state index >= 15 is 0 Å². The van der Waals surface area contributed by atoms with E-state index in [0.29, 0.717) is 12.5 Å². The Morgan fingerprint density at radius 1 is 1.50 bits per heavy atom. The number of hydrogen-bond acceptors (Lipinski definition) is 5. The van der Waals surface area contributed by atoms with Crippen LogP contribution in [0.25, 0.3) is 0 Å². The van der Waals surface area contributed by atoms with Gasteiger partial charge in [-0.1, -0.05) is 0 Å². The Balaban J connectivity index is 1.75. The molecule has 0 aromatic rings. The van der Waals surface area contributed by atoms with Crippen molar-refractivity contribution in [1.29, 1.82) is 0 Å². The van der Waals surface area contributed by atoms with E-state index in [9.17, 15) is 19.5 Å². The first kappa shape index (κ1) is 14.8. The second kappa shape index (κ2) is 6.21. The number of methoxy groups -OCH3 is 1. The van der Waals surface area contributed by atoms with Crippen LogP contribution < -0.4 is 5.32 Å². The van der Waals surface area contributed by atoms with Crippen molar-refractivity contribution in [3.8, 4) is 0 Å². The fourth-order valence-corrected chi connectivity index (χ4v) is 2.30. The lowest BCUT2D eigenvalue weighted by Crippen LogP contribution is -2.40. The highest BCUT2D eigenvalue weighted by Gasteiger charge is 2.37. The number of hydrogen-bond donors (Lipinski definition) is 2. The van der Waals surface area contributed by atoms with Gasteiger partial charge in [-0.25, -0.2) is 4.79 Å². The summed E-state index contributed by atoms with van der Waals surface area (Å²) in [7, 11) is 1.17. The topological polar surface area (TPSA) is 95.9 Å². The number of nitrogens with zero attached hydrogens (tertiary/aromatic N) is 1. The zero-order chi connectivity index (χ0) is 14.7. The van der Waals surface area contributed by atoms with Crippen molar-refractivity contribution in [3.63, 3.8) is 0 Å². The van der Waals surface area contributed by atoms with Gasteiger partial charge in [0.05, 0.1) is 19.6 Å². The molecule has 2 fully saturated rings.